The number of benzene rings is 1. The van der Waals surface area contributed by atoms with Crippen molar-refractivity contribution in [1.82, 2.24) is 15.1 Å². The van der Waals surface area contributed by atoms with E-state index in [0.717, 1.165) is 31.5 Å². The van der Waals surface area contributed by atoms with Crippen LogP contribution in [0.2, 0.25) is 0 Å². The summed E-state index contributed by atoms with van der Waals surface area (Å²) in [6.07, 6.45) is 2.85. The number of rotatable bonds is 7. The molecule has 1 saturated heterocycles. The number of nitrogens with one attached hydrogen (secondary N) is 1. The Morgan fingerprint density at radius 2 is 1.81 bits per heavy atom. The number of ether oxygens (including phenoxy) is 1. The van der Waals surface area contributed by atoms with Gasteiger partial charge >= 0.3 is 0 Å². The van der Waals surface area contributed by atoms with Crippen molar-refractivity contribution in [1.29, 1.82) is 0 Å². The number of hydrogen-bond acceptors (Lipinski definition) is 4. The standard InChI is InChI=1S/C17H27N3O/c1-18-14-15-2-6-17(7-3-15)21-13-12-19-8-10-20(11-9-19)16-4-5-16/h2-3,6-7,16,18H,4-5,8-14H2,1H3. The summed E-state index contributed by atoms with van der Waals surface area (Å²) in [4.78, 5) is 5.17. The summed E-state index contributed by atoms with van der Waals surface area (Å²) in [7, 11) is 1.97. The van der Waals surface area contributed by atoms with Gasteiger partial charge in [0.2, 0.25) is 0 Å². The molecule has 0 atom stereocenters. The van der Waals surface area contributed by atoms with E-state index >= 15 is 0 Å². The minimum absolute atomic E-state index is 0.787. The maximum Gasteiger partial charge on any atom is 0.119 e. The van der Waals surface area contributed by atoms with Crippen LogP contribution in [0.25, 0.3) is 0 Å². The van der Waals surface area contributed by atoms with Crippen molar-refractivity contribution < 1.29 is 4.74 Å². The molecule has 2 fully saturated rings. The van der Waals surface area contributed by atoms with E-state index in [1.165, 1.54) is 44.6 Å². The first-order valence-electron chi connectivity index (χ1n) is 8.18. The second-order valence-electron chi connectivity index (χ2n) is 6.13. The van der Waals surface area contributed by atoms with Gasteiger partial charge in [-0.15, -0.1) is 0 Å². The molecule has 1 N–H and O–H groups in total. The molecule has 21 heavy (non-hydrogen) atoms. The van der Waals surface area contributed by atoms with Crippen molar-refractivity contribution in [3.05, 3.63) is 29.8 Å². The predicted octanol–water partition coefficient (Wildman–Crippen LogP) is 1.56. The Kier molecular flexibility index (Phi) is 5.12. The fraction of sp³-hybridized carbons (Fsp3) is 0.647. The molecule has 1 aliphatic heterocycles. The van der Waals surface area contributed by atoms with Crippen LogP contribution in [0.3, 0.4) is 0 Å². The highest BCUT2D eigenvalue weighted by molar-refractivity contribution is 5.27. The molecule has 1 heterocycles. The lowest BCUT2D eigenvalue weighted by molar-refractivity contribution is 0.112. The smallest absolute Gasteiger partial charge is 0.119 e. The van der Waals surface area contributed by atoms with Crippen LogP contribution in [0.1, 0.15) is 18.4 Å². The summed E-state index contributed by atoms with van der Waals surface area (Å²) in [6, 6.07) is 9.30. The van der Waals surface area contributed by atoms with Crippen LogP contribution in [0.5, 0.6) is 5.75 Å². The second kappa shape index (κ2) is 7.25. The van der Waals surface area contributed by atoms with Gasteiger partial charge < -0.3 is 10.1 Å². The Morgan fingerprint density at radius 1 is 1.10 bits per heavy atom. The van der Waals surface area contributed by atoms with E-state index in [9.17, 15) is 0 Å². The lowest BCUT2D eigenvalue weighted by atomic mass is 10.2. The molecule has 0 radical (unpaired) electrons. The molecule has 4 nitrogen and oxygen atoms in total. The number of nitrogens with zero attached hydrogens (tertiary/aromatic N) is 2. The fourth-order valence-corrected chi connectivity index (χ4v) is 2.99. The molecule has 3 rings (SSSR count). The maximum absolute atomic E-state index is 5.85. The van der Waals surface area contributed by atoms with Gasteiger partial charge in [-0.2, -0.15) is 0 Å². The Balaban J connectivity index is 1.34. The van der Waals surface area contributed by atoms with Gasteiger partial charge in [0.05, 0.1) is 0 Å². The van der Waals surface area contributed by atoms with E-state index in [-0.39, 0.29) is 0 Å². The van der Waals surface area contributed by atoms with Gasteiger partial charge in [-0.05, 0) is 37.6 Å². The quantitative estimate of drug-likeness (QED) is 0.824. The van der Waals surface area contributed by atoms with E-state index in [0.29, 0.717) is 0 Å². The van der Waals surface area contributed by atoms with Gasteiger partial charge in [0.15, 0.2) is 0 Å². The highest BCUT2D eigenvalue weighted by atomic mass is 16.5. The van der Waals surface area contributed by atoms with Gasteiger partial charge in [-0.25, -0.2) is 0 Å². The molecule has 1 saturated carbocycles. The molecule has 0 unspecified atom stereocenters. The molecule has 0 aromatic heterocycles. The van der Waals surface area contributed by atoms with Gasteiger partial charge in [0.25, 0.3) is 0 Å². The van der Waals surface area contributed by atoms with Crippen LogP contribution < -0.4 is 10.1 Å². The molecule has 1 aromatic rings. The zero-order valence-corrected chi connectivity index (χ0v) is 13.1. The Morgan fingerprint density at radius 3 is 2.43 bits per heavy atom. The van der Waals surface area contributed by atoms with Crippen molar-refractivity contribution in [3.63, 3.8) is 0 Å². The summed E-state index contributed by atoms with van der Waals surface area (Å²) in [5, 5.41) is 3.15. The van der Waals surface area contributed by atoms with Crippen molar-refractivity contribution >= 4 is 0 Å². The topological polar surface area (TPSA) is 27.7 Å². The summed E-state index contributed by atoms with van der Waals surface area (Å²) < 4.78 is 5.85. The summed E-state index contributed by atoms with van der Waals surface area (Å²) >= 11 is 0. The Hall–Kier alpha value is -1.10. The van der Waals surface area contributed by atoms with Gasteiger partial charge in [-0.1, -0.05) is 12.1 Å². The SMILES string of the molecule is CNCc1ccc(OCCN2CCN(C3CC3)CC2)cc1. The lowest BCUT2D eigenvalue weighted by Gasteiger charge is -2.34. The monoisotopic (exact) mass is 289 g/mol. The van der Waals surface area contributed by atoms with Crippen molar-refractivity contribution in [2.75, 3.05) is 46.4 Å². The predicted molar refractivity (Wildman–Crippen MR) is 85.7 cm³/mol. The average molecular weight is 289 g/mol. The minimum Gasteiger partial charge on any atom is -0.492 e. The molecule has 0 spiro atoms. The zero-order valence-electron chi connectivity index (χ0n) is 13.1. The van der Waals surface area contributed by atoms with Crippen molar-refractivity contribution in [2.24, 2.45) is 0 Å². The molecule has 116 valence electrons. The van der Waals surface area contributed by atoms with Gasteiger partial charge in [0, 0.05) is 45.3 Å². The Labute approximate surface area is 128 Å². The highest BCUT2D eigenvalue weighted by Crippen LogP contribution is 2.27. The van der Waals surface area contributed by atoms with E-state index in [1.54, 1.807) is 0 Å². The van der Waals surface area contributed by atoms with Crippen LogP contribution in [0.15, 0.2) is 24.3 Å². The van der Waals surface area contributed by atoms with Crippen LogP contribution in [0, 0.1) is 0 Å². The number of hydrogen-bond donors (Lipinski definition) is 1. The third-order valence-corrected chi connectivity index (χ3v) is 4.45. The molecular formula is C17H27N3O. The first kappa shape index (κ1) is 14.8. The molecule has 0 bridgehead atoms. The third-order valence-electron chi connectivity index (χ3n) is 4.45. The van der Waals surface area contributed by atoms with Crippen molar-refractivity contribution in [2.45, 2.75) is 25.4 Å². The minimum atomic E-state index is 0.787. The molecule has 0 amide bonds. The van der Waals surface area contributed by atoms with E-state index in [4.69, 9.17) is 4.74 Å². The summed E-state index contributed by atoms with van der Waals surface area (Å²) in [5.74, 6) is 0.978. The molecular weight excluding hydrogens is 262 g/mol. The molecule has 1 aliphatic carbocycles. The first-order valence-corrected chi connectivity index (χ1v) is 8.18. The van der Waals surface area contributed by atoms with Gasteiger partial charge in [-0.3, -0.25) is 9.80 Å². The highest BCUT2D eigenvalue weighted by Gasteiger charge is 2.30. The van der Waals surface area contributed by atoms with Crippen molar-refractivity contribution in [3.8, 4) is 5.75 Å². The molecule has 4 heteroatoms. The fourth-order valence-electron chi connectivity index (χ4n) is 2.99. The summed E-state index contributed by atoms with van der Waals surface area (Å²) in [6.45, 7) is 7.60. The van der Waals surface area contributed by atoms with E-state index in [2.05, 4.69) is 39.4 Å². The van der Waals surface area contributed by atoms with Crippen LogP contribution >= 0.6 is 0 Å². The lowest BCUT2D eigenvalue weighted by Crippen LogP contribution is -2.48. The molecule has 2 aliphatic rings. The maximum atomic E-state index is 5.85. The number of piperazine rings is 1. The van der Waals surface area contributed by atoms with Crippen LogP contribution in [-0.2, 0) is 6.54 Å². The average Bonchev–Trinajstić information content (AvgIpc) is 3.35. The van der Waals surface area contributed by atoms with E-state index in [1.807, 2.05) is 7.05 Å². The first-order chi connectivity index (χ1) is 10.3. The third kappa shape index (κ3) is 4.43. The normalized spacial score (nSPS) is 20.6. The van der Waals surface area contributed by atoms with Gasteiger partial charge in [0.1, 0.15) is 12.4 Å². The summed E-state index contributed by atoms with van der Waals surface area (Å²) in [5.41, 5.74) is 1.29. The molecule has 1 aromatic carbocycles. The van der Waals surface area contributed by atoms with Crippen LogP contribution in [-0.4, -0.2) is 62.2 Å². The largest absolute Gasteiger partial charge is 0.492 e. The zero-order chi connectivity index (χ0) is 14.5. The van der Waals surface area contributed by atoms with E-state index < -0.39 is 0 Å². The van der Waals surface area contributed by atoms with Crippen LogP contribution in [0.4, 0.5) is 0 Å². The second-order valence-corrected chi connectivity index (χ2v) is 6.13. The Bertz CT molecular complexity index is 422.